The first-order valence-corrected chi connectivity index (χ1v) is 5.33. The topological polar surface area (TPSA) is 29.9 Å². The highest BCUT2D eigenvalue weighted by atomic mass is 15.3. The number of hydrogen-bond donors (Lipinski definition) is 1. The third-order valence-electron chi connectivity index (χ3n) is 2.31. The van der Waals surface area contributed by atoms with E-state index in [2.05, 4.69) is 50.9 Å². The van der Waals surface area contributed by atoms with E-state index in [9.17, 15) is 0 Å². The Hall–Kier alpha value is -1.09. The van der Waals surface area contributed by atoms with Crippen molar-refractivity contribution in [1.29, 1.82) is 0 Å². The summed E-state index contributed by atoms with van der Waals surface area (Å²) in [7, 11) is 0. The second-order valence-electron chi connectivity index (χ2n) is 4.87. The highest BCUT2D eigenvalue weighted by Gasteiger charge is 2.13. The molecule has 0 saturated heterocycles. The maximum atomic E-state index is 4.34. The van der Waals surface area contributed by atoms with Gasteiger partial charge in [0, 0.05) is 24.3 Å². The van der Waals surface area contributed by atoms with E-state index >= 15 is 0 Å². The van der Waals surface area contributed by atoms with Crippen molar-refractivity contribution in [2.75, 3.05) is 0 Å². The molecule has 0 bridgehead atoms. The van der Waals surface area contributed by atoms with Crippen LogP contribution in [0.2, 0.25) is 0 Å². The summed E-state index contributed by atoms with van der Waals surface area (Å²) in [5, 5.41) is 7.68. The third-order valence-corrected chi connectivity index (χ3v) is 2.31. The van der Waals surface area contributed by atoms with Gasteiger partial charge >= 0.3 is 0 Å². The van der Waals surface area contributed by atoms with Gasteiger partial charge in [0.2, 0.25) is 0 Å². The Bertz CT molecular complexity index is 320. The van der Waals surface area contributed by atoms with Crippen LogP contribution in [0, 0.1) is 0 Å². The summed E-state index contributed by atoms with van der Waals surface area (Å²) in [6, 6.07) is 0.336. The number of rotatable bonds is 4. The molecule has 1 aromatic heterocycles. The summed E-state index contributed by atoms with van der Waals surface area (Å²) >= 11 is 0. The molecule has 0 aromatic carbocycles. The smallest absolute Gasteiger partial charge is 0.0543 e. The fraction of sp³-hybridized carbons (Fsp3) is 0.583. The van der Waals surface area contributed by atoms with Gasteiger partial charge in [0.25, 0.3) is 0 Å². The van der Waals surface area contributed by atoms with Crippen molar-refractivity contribution >= 4 is 0 Å². The fourth-order valence-electron chi connectivity index (χ4n) is 1.18. The zero-order valence-corrected chi connectivity index (χ0v) is 10.1. The van der Waals surface area contributed by atoms with Crippen LogP contribution in [-0.2, 0) is 12.1 Å². The molecule has 15 heavy (non-hydrogen) atoms. The van der Waals surface area contributed by atoms with Crippen LogP contribution < -0.4 is 5.32 Å². The van der Waals surface area contributed by atoms with E-state index in [1.165, 1.54) is 5.56 Å². The molecule has 0 spiro atoms. The third kappa shape index (κ3) is 3.51. The minimum atomic E-state index is 0.0578. The molecule has 0 radical (unpaired) electrons. The van der Waals surface area contributed by atoms with Gasteiger partial charge in [0.15, 0.2) is 0 Å². The molecule has 0 aliphatic carbocycles. The average molecular weight is 207 g/mol. The Morgan fingerprint density at radius 1 is 1.60 bits per heavy atom. The second kappa shape index (κ2) is 4.62. The van der Waals surface area contributed by atoms with E-state index in [4.69, 9.17) is 0 Å². The van der Waals surface area contributed by atoms with Gasteiger partial charge in [-0.25, -0.2) is 0 Å². The van der Waals surface area contributed by atoms with Crippen molar-refractivity contribution in [3.05, 3.63) is 30.6 Å². The molecule has 1 rings (SSSR count). The maximum absolute atomic E-state index is 4.34. The van der Waals surface area contributed by atoms with Crippen LogP contribution in [0.4, 0.5) is 0 Å². The lowest BCUT2D eigenvalue weighted by atomic mass is 10.1. The van der Waals surface area contributed by atoms with Crippen LogP contribution in [0.3, 0.4) is 0 Å². The monoisotopic (exact) mass is 207 g/mol. The summed E-state index contributed by atoms with van der Waals surface area (Å²) in [6.07, 6.45) is 5.89. The molecule has 1 N–H and O–H groups in total. The molecular weight excluding hydrogens is 186 g/mol. The maximum Gasteiger partial charge on any atom is 0.0543 e. The molecule has 1 aromatic rings. The van der Waals surface area contributed by atoms with E-state index in [-0.39, 0.29) is 5.54 Å². The highest BCUT2D eigenvalue weighted by Crippen LogP contribution is 2.12. The van der Waals surface area contributed by atoms with Crippen LogP contribution in [0.1, 0.15) is 33.3 Å². The summed E-state index contributed by atoms with van der Waals surface area (Å²) in [5.41, 5.74) is 1.26. The quantitative estimate of drug-likeness (QED) is 0.768. The van der Waals surface area contributed by atoms with Crippen LogP contribution in [0.15, 0.2) is 25.0 Å². The van der Waals surface area contributed by atoms with Gasteiger partial charge in [0.1, 0.15) is 0 Å². The largest absolute Gasteiger partial charge is 0.307 e. The highest BCUT2D eigenvalue weighted by molar-refractivity contribution is 5.05. The van der Waals surface area contributed by atoms with Gasteiger partial charge in [0.05, 0.1) is 11.7 Å². The van der Waals surface area contributed by atoms with Crippen LogP contribution in [-0.4, -0.2) is 15.8 Å². The van der Waals surface area contributed by atoms with Gasteiger partial charge in [-0.15, -0.1) is 6.58 Å². The van der Waals surface area contributed by atoms with E-state index < -0.39 is 0 Å². The molecule has 0 saturated carbocycles. The lowest BCUT2D eigenvalue weighted by Crippen LogP contribution is -2.23. The number of nitrogens with one attached hydrogen (secondary N) is 1. The first-order valence-electron chi connectivity index (χ1n) is 5.33. The normalized spacial score (nSPS) is 13.9. The van der Waals surface area contributed by atoms with Gasteiger partial charge in [-0.1, -0.05) is 6.08 Å². The Morgan fingerprint density at radius 2 is 2.27 bits per heavy atom. The summed E-state index contributed by atoms with van der Waals surface area (Å²) in [6.45, 7) is 13.1. The van der Waals surface area contributed by atoms with E-state index in [0.29, 0.717) is 6.04 Å². The Kier molecular flexibility index (Phi) is 3.69. The van der Waals surface area contributed by atoms with E-state index in [0.717, 1.165) is 6.54 Å². The molecule has 1 atom stereocenters. The first-order chi connectivity index (χ1) is 6.93. The molecule has 1 unspecified atom stereocenters. The Labute approximate surface area is 92.2 Å². The van der Waals surface area contributed by atoms with Gasteiger partial charge < -0.3 is 5.32 Å². The Morgan fingerprint density at radius 3 is 2.73 bits per heavy atom. The van der Waals surface area contributed by atoms with Crippen molar-refractivity contribution < 1.29 is 0 Å². The van der Waals surface area contributed by atoms with Gasteiger partial charge in [-0.05, 0) is 27.7 Å². The minimum absolute atomic E-state index is 0.0578. The summed E-state index contributed by atoms with van der Waals surface area (Å²) < 4.78 is 1.99. The number of hydrogen-bond acceptors (Lipinski definition) is 2. The molecule has 84 valence electrons. The van der Waals surface area contributed by atoms with Crippen molar-refractivity contribution in [2.24, 2.45) is 0 Å². The van der Waals surface area contributed by atoms with Crippen molar-refractivity contribution in [3.8, 4) is 0 Å². The molecule has 1 heterocycles. The van der Waals surface area contributed by atoms with E-state index in [1.54, 1.807) is 0 Å². The number of aromatic nitrogens is 2. The average Bonchev–Trinajstić information content (AvgIpc) is 2.61. The Balaban J connectivity index is 2.57. The SMILES string of the molecule is C=CC(C)NCc1cnn(C(C)(C)C)c1. The molecule has 3 heteroatoms. The lowest BCUT2D eigenvalue weighted by molar-refractivity contribution is 0.355. The molecule has 0 fully saturated rings. The number of nitrogens with zero attached hydrogens (tertiary/aromatic N) is 2. The van der Waals surface area contributed by atoms with Gasteiger partial charge in [-0.3, -0.25) is 4.68 Å². The zero-order chi connectivity index (χ0) is 11.5. The van der Waals surface area contributed by atoms with Gasteiger partial charge in [-0.2, -0.15) is 5.10 Å². The van der Waals surface area contributed by atoms with Crippen molar-refractivity contribution in [2.45, 2.75) is 45.8 Å². The molecule has 0 aliphatic rings. The van der Waals surface area contributed by atoms with Crippen LogP contribution >= 0.6 is 0 Å². The second-order valence-corrected chi connectivity index (χ2v) is 4.87. The van der Waals surface area contributed by atoms with Crippen molar-refractivity contribution in [1.82, 2.24) is 15.1 Å². The van der Waals surface area contributed by atoms with Crippen LogP contribution in [0.5, 0.6) is 0 Å². The minimum Gasteiger partial charge on any atom is -0.307 e. The molecular formula is C12H21N3. The van der Waals surface area contributed by atoms with Crippen molar-refractivity contribution in [3.63, 3.8) is 0 Å². The zero-order valence-electron chi connectivity index (χ0n) is 10.1. The molecule has 0 aliphatic heterocycles. The predicted molar refractivity (Wildman–Crippen MR) is 63.7 cm³/mol. The molecule has 0 amide bonds. The summed E-state index contributed by atoms with van der Waals surface area (Å²) in [4.78, 5) is 0. The summed E-state index contributed by atoms with van der Waals surface area (Å²) in [5.74, 6) is 0. The van der Waals surface area contributed by atoms with E-state index in [1.807, 2.05) is 17.0 Å². The van der Waals surface area contributed by atoms with Crippen LogP contribution in [0.25, 0.3) is 0 Å². The fourth-order valence-corrected chi connectivity index (χ4v) is 1.18. The predicted octanol–water partition coefficient (Wildman–Crippen LogP) is 2.30. The lowest BCUT2D eigenvalue weighted by Gasteiger charge is -2.18. The standard InChI is InChI=1S/C12H21N3/c1-6-10(2)13-7-11-8-14-15(9-11)12(3,4)5/h6,8-10,13H,1,7H2,2-5H3. The molecule has 3 nitrogen and oxygen atoms in total. The first kappa shape index (κ1) is 12.0.